The monoisotopic (exact) mass is 311 g/mol. The molecule has 2 rings (SSSR count). The number of aromatic nitrogens is 2. The van der Waals surface area contributed by atoms with Crippen molar-refractivity contribution < 1.29 is 9.59 Å². The second kappa shape index (κ2) is 6.95. The molecule has 1 aromatic rings. The molecule has 1 atom stereocenters. The lowest BCUT2D eigenvalue weighted by Crippen LogP contribution is -2.30. The summed E-state index contributed by atoms with van der Waals surface area (Å²) in [7, 11) is 4.01. The van der Waals surface area contributed by atoms with E-state index in [0.717, 1.165) is 18.0 Å². The highest BCUT2D eigenvalue weighted by Crippen LogP contribution is 2.21. The number of carbonyl (C=O) groups is 2. The molecule has 0 saturated carbocycles. The Hall–Kier alpha value is -1.54. The molecular formula is C13H21N5O2S. The second-order valence-electron chi connectivity index (χ2n) is 5.51. The summed E-state index contributed by atoms with van der Waals surface area (Å²) in [6.07, 6.45) is 1.20. The zero-order chi connectivity index (χ0) is 15.4. The Morgan fingerprint density at radius 1 is 1.48 bits per heavy atom. The number of amides is 2. The third-order valence-electron chi connectivity index (χ3n) is 3.37. The van der Waals surface area contributed by atoms with Crippen molar-refractivity contribution in [3.8, 4) is 0 Å². The molecule has 1 fully saturated rings. The van der Waals surface area contributed by atoms with E-state index in [0.29, 0.717) is 18.2 Å². The maximum atomic E-state index is 12.1. The summed E-state index contributed by atoms with van der Waals surface area (Å²) in [6.45, 7) is 3.97. The zero-order valence-electron chi connectivity index (χ0n) is 12.6. The van der Waals surface area contributed by atoms with Crippen LogP contribution in [0.1, 0.15) is 17.8 Å². The van der Waals surface area contributed by atoms with Gasteiger partial charge in [0.05, 0.1) is 5.92 Å². The summed E-state index contributed by atoms with van der Waals surface area (Å²) in [6, 6.07) is 0. The lowest BCUT2D eigenvalue weighted by Gasteiger charge is -2.17. The van der Waals surface area contributed by atoms with Crippen LogP contribution < -0.4 is 5.32 Å². The van der Waals surface area contributed by atoms with Crippen molar-refractivity contribution in [2.45, 2.75) is 19.8 Å². The highest BCUT2D eigenvalue weighted by atomic mass is 32.1. The second-order valence-corrected chi connectivity index (χ2v) is 6.69. The lowest BCUT2D eigenvalue weighted by atomic mass is 10.1. The van der Waals surface area contributed by atoms with Crippen molar-refractivity contribution in [3.63, 3.8) is 0 Å². The molecule has 1 saturated heterocycles. The number of nitrogens with zero attached hydrogens (tertiary/aromatic N) is 4. The topological polar surface area (TPSA) is 78.4 Å². The van der Waals surface area contributed by atoms with Crippen LogP contribution in [0.25, 0.3) is 0 Å². The molecule has 0 aliphatic carbocycles. The molecule has 1 unspecified atom stereocenters. The maximum absolute atomic E-state index is 12.1. The van der Waals surface area contributed by atoms with Crippen LogP contribution in [-0.2, 0) is 9.59 Å². The molecule has 0 spiro atoms. The first kappa shape index (κ1) is 15.8. The Balaban J connectivity index is 1.82. The minimum absolute atomic E-state index is 0.0577. The molecule has 0 bridgehead atoms. The summed E-state index contributed by atoms with van der Waals surface area (Å²) in [5.74, 6) is -0.377. The van der Waals surface area contributed by atoms with Crippen LogP contribution >= 0.6 is 11.3 Å². The van der Waals surface area contributed by atoms with Crippen molar-refractivity contribution in [2.24, 2.45) is 5.92 Å². The molecule has 0 radical (unpaired) electrons. The third-order valence-corrected chi connectivity index (χ3v) is 4.13. The first-order valence-electron chi connectivity index (χ1n) is 6.99. The largest absolute Gasteiger partial charge is 0.342 e. The van der Waals surface area contributed by atoms with Gasteiger partial charge in [-0.2, -0.15) is 0 Å². The molecule has 1 aliphatic rings. The zero-order valence-corrected chi connectivity index (χ0v) is 13.4. The molecule has 1 aromatic heterocycles. The van der Waals surface area contributed by atoms with Gasteiger partial charge < -0.3 is 15.1 Å². The molecule has 21 heavy (non-hydrogen) atoms. The van der Waals surface area contributed by atoms with Crippen molar-refractivity contribution >= 4 is 28.3 Å². The molecule has 2 amide bonds. The van der Waals surface area contributed by atoms with Gasteiger partial charge in [-0.25, -0.2) is 0 Å². The molecule has 116 valence electrons. The van der Waals surface area contributed by atoms with Gasteiger partial charge in [-0.15, -0.1) is 10.2 Å². The van der Waals surface area contributed by atoms with Crippen LogP contribution in [0.2, 0.25) is 0 Å². The van der Waals surface area contributed by atoms with Crippen molar-refractivity contribution in [2.75, 3.05) is 39.0 Å². The number of likely N-dealkylation sites (tertiary alicyclic amines) is 1. The molecule has 8 heteroatoms. The summed E-state index contributed by atoms with van der Waals surface area (Å²) < 4.78 is 0. The van der Waals surface area contributed by atoms with E-state index in [-0.39, 0.29) is 24.2 Å². The van der Waals surface area contributed by atoms with E-state index in [1.54, 1.807) is 4.90 Å². The van der Waals surface area contributed by atoms with Gasteiger partial charge in [-0.3, -0.25) is 9.59 Å². The summed E-state index contributed by atoms with van der Waals surface area (Å²) in [4.78, 5) is 27.9. The molecule has 2 heterocycles. The van der Waals surface area contributed by atoms with Crippen molar-refractivity contribution in [1.29, 1.82) is 0 Å². The van der Waals surface area contributed by atoms with E-state index >= 15 is 0 Å². The molecule has 0 aromatic carbocycles. The summed E-state index contributed by atoms with van der Waals surface area (Å²) in [5.41, 5.74) is 0. The molecular weight excluding hydrogens is 290 g/mol. The Bertz CT molecular complexity index is 516. The minimum Gasteiger partial charge on any atom is -0.342 e. The van der Waals surface area contributed by atoms with E-state index in [1.807, 2.05) is 21.0 Å². The number of rotatable bonds is 6. The van der Waals surface area contributed by atoms with Gasteiger partial charge in [0.25, 0.3) is 0 Å². The number of aryl methyl sites for hydroxylation is 1. The average Bonchev–Trinajstić information content (AvgIpc) is 2.96. The molecule has 7 nitrogen and oxygen atoms in total. The lowest BCUT2D eigenvalue weighted by molar-refractivity contribution is -0.128. The van der Waals surface area contributed by atoms with Crippen molar-refractivity contribution in [1.82, 2.24) is 20.0 Å². The smallest absolute Gasteiger partial charge is 0.231 e. The maximum Gasteiger partial charge on any atom is 0.231 e. The number of nitrogens with one attached hydrogen (secondary N) is 1. The van der Waals surface area contributed by atoms with Gasteiger partial charge >= 0.3 is 0 Å². The summed E-state index contributed by atoms with van der Waals surface area (Å²) >= 11 is 1.34. The van der Waals surface area contributed by atoms with Gasteiger partial charge in [0, 0.05) is 19.5 Å². The quantitative estimate of drug-likeness (QED) is 0.831. The fourth-order valence-electron chi connectivity index (χ4n) is 2.30. The number of carbonyl (C=O) groups excluding carboxylic acids is 2. The van der Waals surface area contributed by atoms with Crippen LogP contribution in [0, 0.1) is 12.8 Å². The fraction of sp³-hybridized carbons (Fsp3) is 0.692. The van der Waals surface area contributed by atoms with E-state index < -0.39 is 0 Å². The van der Waals surface area contributed by atoms with E-state index in [9.17, 15) is 9.59 Å². The van der Waals surface area contributed by atoms with E-state index in [4.69, 9.17) is 0 Å². The standard InChI is InChI=1S/C13H21N5O2S/c1-9-15-16-13(21-9)14-12(20)10-7-11(19)18(8-10)6-4-5-17(2)3/h10H,4-8H2,1-3H3,(H,14,16,20). The van der Waals surface area contributed by atoms with E-state index in [1.165, 1.54) is 11.3 Å². The van der Waals surface area contributed by atoms with Gasteiger partial charge in [-0.05, 0) is 34.0 Å². The van der Waals surface area contributed by atoms with Gasteiger partial charge in [0.1, 0.15) is 5.01 Å². The van der Waals surface area contributed by atoms with Crippen LogP contribution in [0.15, 0.2) is 0 Å². The van der Waals surface area contributed by atoms with Crippen LogP contribution in [0.3, 0.4) is 0 Å². The molecule has 1 N–H and O–H groups in total. The Morgan fingerprint density at radius 2 is 2.24 bits per heavy atom. The Morgan fingerprint density at radius 3 is 2.86 bits per heavy atom. The predicted octanol–water partition coefficient (Wildman–Crippen LogP) is 0.585. The number of anilines is 1. The Labute approximate surface area is 128 Å². The molecule has 1 aliphatic heterocycles. The summed E-state index contributed by atoms with van der Waals surface area (Å²) in [5, 5.41) is 11.8. The third kappa shape index (κ3) is 4.47. The van der Waals surface area contributed by atoms with Gasteiger partial charge in [0.2, 0.25) is 16.9 Å². The van der Waals surface area contributed by atoms with E-state index in [2.05, 4.69) is 20.4 Å². The normalized spacial score (nSPS) is 18.6. The predicted molar refractivity (Wildman–Crippen MR) is 81.1 cm³/mol. The highest BCUT2D eigenvalue weighted by molar-refractivity contribution is 7.15. The highest BCUT2D eigenvalue weighted by Gasteiger charge is 2.34. The van der Waals surface area contributed by atoms with Crippen LogP contribution in [0.4, 0.5) is 5.13 Å². The Kier molecular flexibility index (Phi) is 5.24. The first-order chi connectivity index (χ1) is 9.95. The average molecular weight is 311 g/mol. The fourth-order valence-corrected chi connectivity index (χ4v) is 2.89. The van der Waals surface area contributed by atoms with Crippen LogP contribution in [-0.4, -0.2) is 65.5 Å². The minimum atomic E-state index is -0.291. The van der Waals surface area contributed by atoms with Crippen molar-refractivity contribution in [3.05, 3.63) is 5.01 Å². The van der Waals surface area contributed by atoms with Gasteiger partial charge in [-0.1, -0.05) is 11.3 Å². The SMILES string of the molecule is Cc1nnc(NC(=O)C2CC(=O)N(CCCN(C)C)C2)s1. The first-order valence-corrected chi connectivity index (χ1v) is 7.81. The number of hydrogen-bond donors (Lipinski definition) is 1. The van der Waals surface area contributed by atoms with Crippen LogP contribution in [0.5, 0.6) is 0 Å². The van der Waals surface area contributed by atoms with Gasteiger partial charge in [0.15, 0.2) is 0 Å². The number of hydrogen-bond acceptors (Lipinski definition) is 6.